The van der Waals surface area contributed by atoms with Crippen LogP contribution in [0.2, 0.25) is 16.6 Å². The summed E-state index contributed by atoms with van der Waals surface area (Å²) in [6.45, 7) is 16.1. The number of amides is 1. The summed E-state index contributed by atoms with van der Waals surface area (Å²) >= 11 is 0. The second-order valence-electron chi connectivity index (χ2n) is 11.0. The molecule has 2 rings (SSSR count). The molecule has 5 nitrogen and oxygen atoms in total. The number of terminal acetylenes is 1. The second kappa shape index (κ2) is 13.5. The zero-order chi connectivity index (χ0) is 26.2. The van der Waals surface area contributed by atoms with Gasteiger partial charge in [0, 0.05) is 6.04 Å². The number of carbonyl (C=O) groups excluding carboxylic acids is 1. The van der Waals surface area contributed by atoms with E-state index in [9.17, 15) is 9.90 Å². The first-order valence-corrected chi connectivity index (χ1v) is 15.5. The Labute approximate surface area is 214 Å². The van der Waals surface area contributed by atoms with Gasteiger partial charge < -0.3 is 14.3 Å². The smallest absolute Gasteiger partial charge is 0.410 e. The summed E-state index contributed by atoms with van der Waals surface area (Å²) in [4.78, 5) is 15.4. The molecule has 196 valence electrons. The number of ether oxygens (including phenoxy) is 1. The minimum atomic E-state index is -2.09. The van der Waals surface area contributed by atoms with E-state index in [0.717, 1.165) is 31.2 Å². The Morgan fingerprint density at radius 2 is 1.71 bits per heavy atom. The minimum absolute atomic E-state index is 0.00862. The van der Waals surface area contributed by atoms with Crippen molar-refractivity contribution in [3.05, 3.63) is 35.9 Å². The molecule has 0 aliphatic carbocycles. The zero-order valence-corrected chi connectivity index (χ0v) is 23.9. The van der Waals surface area contributed by atoms with Gasteiger partial charge in [-0.3, -0.25) is 4.90 Å². The van der Waals surface area contributed by atoms with Crippen molar-refractivity contribution >= 4 is 14.4 Å². The number of rotatable bonds is 11. The largest absolute Gasteiger partial charge is 0.445 e. The minimum Gasteiger partial charge on any atom is -0.445 e. The van der Waals surface area contributed by atoms with Gasteiger partial charge in [0.1, 0.15) is 12.7 Å². The maximum atomic E-state index is 13.4. The third-order valence-electron chi connectivity index (χ3n) is 7.84. The number of carbonyl (C=O) groups is 1. The topological polar surface area (TPSA) is 59.0 Å². The molecule has 1 heterocycles. The maximum Gasteiger partial charge on any atom is 0.410 e. The lowest BCUT2D eigenvalue weighted by atomic mass is 9.91. The van der Waals surface area contributed by atoms with E-state index in [1.807, 2.05) is 35.2 Å². The number of likely N-dealkylation sites (tertiary alicyclic amines) is 1. The van der Waals surface area contributed by atoms with Gasteiger partial charge in [-0.15, -0.1) is 6.42 Å². The molecular formula is C29H47NO4Si. The van der Waals surface area contributed by atoms with Gasteiger partial charge in [0.05, 0.1) is 12.1 Å². The molecule has 4 atom stereocenters. The standard InChI is InChI=1S/C29H47NO4Si/c1-9-27(31)17-13-16-26-18-19-28(34-35(21(2)3,22(4)5)23(6)7)24(8)30(26)29(32)33-20-25-14-11-10-12-15-25/h1,10-12,14-15,21-24,26-28,31H,13,16-20H2,2-8H3/t24-,26-,27-,28+/m0/s1. The highest BCUT2D eigenvalue weighted by atomic mass is 28.4. The van der Waals surface area contributed by atoms with Gasteiger partial charge in [-0.05, 0) is 61.2 Å². The first-order chi connectivity index (χ1) is 16.5. The number of aliphatic hydroxyl groups is 1. The fourth-order valence-corrected chi connectivity index (χ4v) is 11.8. The molecule has 1 aliphatic rings. The number of nitrogens with zero attached hydrogens (tertiary/aromatic N) is 1. The number of hydrogen-bond acceptors (Lipinski definition) is 4. The molecule has 0 bridgehead atoms. The quantitative estimate of drug-likeness (QED) is 0.265. The Morgan fingerprint density at radius 1 is 1.11 bits per heavy atom. The Balaban J connectivity index is 2.23. The lowest BCUT2D eigenvalue weighted by molar-refractivity contribution is -0.0149. The molecule has 1 N–H and O–H groups in total. The fourth-order valence-electron chi connectivity index (χ4n) is 6.10. The predicted molar refractivity (Wildman–Crippen MR) is 146 cm³/mol. The third kappa shape index (κ3) is 7.35. The normalized spacial score (nSPS) is 21.9. The van der Waals surface area contributed by atoms with Crippen LogP contribution < -0.4 is 0 Å². The van der Waals surface area contributed by atoms with Crippen LogP contribution in [0.15, 0.2) is 30.3 Å². The van der Waals surface area contributed by atoms with Crippen molar-refractivity contribution in [2.75, 3.05) is 0 Å². The van der Waals surface area contributed by atoms with Gasteiger partial charge in [0.15, 0.2) is 0 Å². The zero-order valence-electron chi connectivity index (χ0n) is 22.9. The lowest BCUT2D eigenvalue weighted by Gasteiger charge is -2.50. The average Bonchev–Trinajstić information content (AvgIpc) is 2.81. The highest BCUT2D eigenvalue weighted by molar-refractivity contribution is 6.77. The van der Waals surface area contributed by atoms with Crippen molar-refractivity contribution in [2.45, 2.75) is 128 Å². The Kier molecular flexibility index (Phi) is 11.3. The van der Waals surface area contributed by atoms with Crippen molar-refractivity contribution in [1.29, 1.82) is 0 Å². The highest BCUT2D eigenvalue weighted by Crippen LogP contribution is 2.45. The fraction of sp³-hybridized carbons (Fsp3) is 0.690. The van der Waals surface area contributed by atoms with Crippen molar-refractivity contribution < 1.29 is 19.1 Å². The van der Waals surface area contributed by atoms with Crippen LogP contribution in [-0.2, 0) is 15.8 Å². The van der Waals surface area contributed by atoms with Gasteiger partial charge >= 0.3 is 6.09 Å². The van der Waals surface area contributed by atoms with Crippen LogP contribution in [0.25, 0.3) is 0 Å². The number of hydrogen-bond donors (Lipinski definition) is 1. The average molecular weight is 502 g/mol. The van der Waals surface area contributed by atoms with Gasteiger partial charge in [-0.1, -0.05) is 77.8 Å². The molecule has 1 amide bonds. The van der Waals surface area contributed by atoms with Crippen LogP contribution in [0.5, 0.6) is 0 Å². The number of aliphatic hydroxyl groups excluding tert-OH is 1. The summed E-state index contributed by atoms with van der Waals surface area (Å²) in [5.74, 6) is 2.38. The van der Waals surface area contributed by atoms with Crippen LogP contribution in [0.3, 0.4) is 0 Å². The molecule has 1 aliphatic heterocycles. The molecular weight excluding hydrogens is 454 g/mol. The first-order valence-electron chi connectivity index (χ1n) is 13.4. The van der Waals surface area contributed by atoms with E-state index in [1.54, 1.807) is 0 Å². The van der Waals surface area contributed by atoms with Crippen LogP contribution >= 0.6 is 0 Å². The van der Waals surface area contributed by atoms with E-state index in [-0.39, 0.29) is 30.9 Å². The molecule has 0 aromatic heterocycles. The summed E-state index contributed by atoms with van der Waals surface area (Å²) in [6, 6.07) is 9.74. The summed E-state index contributed by atoms with van der Waals surface area (Å²) in [6.07, 6.45) is 8.18. The molecule has 1 aromatic rings. The molecule has 1 fully saturated rings. The third-order valence-corrected chi connectivity index (χ3v) is 14.0. The predicted octanol–water partition coefficient (Wildman–Crippen LogP) is 6.90. The summed E-state index contributed by atoms with van der Waals surface area (Å²) in [5, 5.41) is 9.79. The Hall–Kier alpha value is -1.81. The molecule has 0 unspecified atom stereocenters. The Morgan fingerprint density at radius 3 is 2.26 bits per heavy atom. The van der Waals surface area contributed by atoms with Crippen molar-refractivity contribution in [1.82, 2.24) is 4.90 Å². The van der Waals surface area contributed by atoms with Crippen molar-refractivity contribution in [2.24, 2.45) is 0 Å². The lowest BCUT2D eigenvalue weighted by Crippen LogP contribution is -2.60. The van der Waals surface area contributed by atoms with E-state index in [0.29, 0.717) is 23.0 Å². The van der Waals surface area contributed by atoms with Crippen LogP contribution in [-0.4, -0.2) is 48.7 Å². The molecule has 6 heteroatoms. The van der Waals surface area contributed by atoms with E-state index < -0.39 is 14.4 Å². The second-order valence-corrected chi connectivity index (χ2v) is 16.4. The number of piperidine rings is 1. The van der Waals surface area contributed by atoms with Gasteiger partial charge in [-0.2, -0.15) is 0 Å². The van der Waals surface area contributed by atoms with Crippen molar-refractivity contribution in [3.63, 3.8) is 0 Å². The maximum absolute atomic E-state index is 13.4. The monoisotopic (exact) mass is 501 g/mol. The summed E-state index contributed by atoms with van der Waals surface area (Å²) in [7, 11) is -2.09. The van der Waals surface area contributed by atoms with Gasteiger partial charge in [-0.25, -0.2) is 4.79 Å². The molecule has 0 saturated carbocycles. The van der Waals surface area contributed by atoms with Crippen LogP contribution in [0, 0.1) is 12.3 Å². The number of benzene rings is 1. The summed E-state index contributed by atoms with van der Waals surface area (Å²) in [5.41, 5.74) is 2.42. The van der Waals surface area contributed by atoms with E-state index in [4.69, 9.17) is 15.6 Å². The molecule has 35 heavy (non-hydrogen) atoms. The Bertz CT molecular complexity index is 798. The SMILES string of the molecule is C#C[C@H](O)CCC[C@H]1CC[C@@H](O[Si](C(C)C)(C(C)C)C(C)C)[C@H](C)N1C(=O)OCc1ccccc1. The van der Waals surface area contributed by atoms with Crippen LogP contribution in [0.1, 0.15) is 86.1 Å². The van der Waals surface area contributed by atoms with Gasteiger partial charge in [0.25, 0.3) is 0 Å². The van der Waals surface area contributed by atoms with E-state index >= 15 is 0 Å². The molecule has 1 saturated heterocycles. The molecule has 0 radical (unpaired) electrons. The summed E-state index contributed by atoms with van der Waals surface area (Å²) < 4.78 is 12.9. The first kappa shape index (κ1) is 29.4. The highest BCUT2D eigenvalue weighted by Gasteiger charge is 2.49. The van der Waals surface area contributed by atoms with Crippen LogP contribution in [0.4, 0.5) is 4.79 Å². The van der Waals surface area contributed by atoms with E-state index in [2.05, 4.69) is 54.4 Å². The van der Waals surface area contributed by atoms with E-state index in [1.165, 1.54) is 0 Å². The molecule has 0 spiro atoms. The molecule has 1 aromatic carbocycles. The van der Waals surface area contributed by atoms with Gasteiger partial charge in [0.2, 0.25) is 8.32 Å². The van der Waals surface area contributed by atoms with Crippen molar-refractivity contribution in [3.8, 4) is 12.3 Å².